The van der Waals surface area contributed by atoms with E-state index in [4.69, 9.17) is 9.72 Å². The van der Waals surface area contributed by atoms with E-state index in [0.29, 0.717) is 45.4 Å². The molecule has 54 heavy (non-hydrogen) atoms. The van der Waals surface area contributed by atoms with Crippen molar-refractivity contribution >= 4 is 33.6 Å². The lowest BCUT2D eigenvalue weighted by Crippen LogP contribution is -2.23. The largest absolute Gasteiger partial charge is 0.489 e. The summed E-state index contributed by atoms with van der Waals surface area (Å²) in [6.07, 6.45) is 2.08. The Labute approximate surface area is 307 Å². The number of hydrogen-bond donors (Lipinski definition) is 2. The Bertz CT molecular complexity index is 2500. The second kappa shape index (κ2) is 13.9. The molecule has 14 heteroatoms. The zero-order valence-electron chi connectivity index (χ0n) is 29.4. The Morgan fingerprint density at radius 1 is 0.907 bits per heavy atom. The number of H-pyrrole nitrogens is 2. The molecule has 0 aliphatic heterocycles. The molecule has 0 unspecified atom stereocenters. The maximum absolute atomic E-state index is 13.6. The van der Waals surface area contributed by atoms with Crippen molar-refractivity contribution in [2.75, 3.05) is 14.1 Å². The molecule has 0 saturated heterocycles. The van der Waals surface area contributed by atoms with Gasteiger partial charge in [0.25, 0.3) is 11.7 Å². The third-order valence-corrected chi connectivity index (χ3v) is 9.98. The van der Waals surface area contributed by atoms with Gasteiger partial charge in [-0.1, -0.05) is 25.3 Å². The molecule has 1 aliphatic carbocycles. The fourth-order valence-corrected chi connectivity index (χ4v) is 7.34. The summed E-state index contributed by atoms with van der Waals surface area (Å²) in [5.41, 5.74) is 5.33. The molecule has 7 aromatic rings. The van der Waals surface area contributed by atoms with Crippen molar-refractivity contribution in [1.82, 2.24) is 40.1 Å². The highest BCUT2D eigenvalue weighted by atomic mass is 19.4. The molecule has 3 aromatic heterocycles. The van der Waals surface area contributed by atoms with Gasteiger partial charge >= 0.3 is 6.18 Å². The van der Waals surface area contributed by atoms with Gasteiger partial charge in [-0.3, -0.25) is 9.59 Å². The van der Waals surface area contributed by atoms with Crippen molar-refractivity contribution in [3.05, 3.63) is 102 Å². The summed E-state index contributed by atoms with van der Waals surface area (Å²) >= 11 is 0. The Balaban J connectivity index is 1.13. The number of halogens is 3. The second-order valence-electron chi connectivity index (χ2n) is 13.7. The number of carbonyl (C=O) groups is 2. The van der Waals surface area contributed by atoms with E-state index in [1.54, 1.807) is 38.4 Å². The molecule has 1 saturated carbocycles. The lowest BCUT2D eigenvalue weighted by atomic mass is 9.93. The smallest absolute Gasteiger partial charge is 0.454 e. The SMILES string of the molecule is CN(C)C(=O)c1ccc(-c2cc(C(=O)C(F)(F)F)c3cc[nH]c3c2)c(COc2ccc(-c3nc4cc(-c5nn[nH]n5)ccc4n3C3CCCCC3)cc2)c1. The number of aromatic amines is 2. The summed E-state index contributed by atoms with van der Waals surface area (Å²) in [7, 11) is 3.27. The summed E-state index contributed by atoms with van der Waals surface area (Å²) in [5, 5.41) is 14.6. The van der Waals surface area contributed by atoms with Gasteiger partial charge in [-0.25, -0.2) is 4.98 Å². The number of ketones is 1. The van der Waals surface area contributed by atoms with Crippen LogP contribution in [0.4, 0.5) is 13.2 Å². The van der Waals surface area contributed by atoms with E-state index in [0.717, 1.165) is 53.7 Å². The minimum atomic E-state index is -5.05. The van der Waals surface area contributed by atoms with Crippen molar-refractivity contribution in [3.8, 4) is 39.7 Å². The van der Waals surface area contributed by atoms with E-state index in [1.165, 1.54) is 29.7 Å². The van der Waals surface area contributed by atoms with Gasteiger partial charge in [0.15, 0.2) is 0 Å². The molecule has 0 spiro atoms. The third-order valence-electron chi connectivity index (χ3n) is 9.98. The van der Waals surface area contributed by atoms with Crippen LogP contribution in [-0.2, 0) is 6.61 Å². The van der Waals surface area contributed by atoms with Crippen LogP contribution in [0.5, 0.6) is 5.75 Å². The predicted molar refractivity (Wildman–Crippen MR) is 197 cm³/mol. The molecule has 274 valence electrons. The summed E-state index contributed by atoms with van der Waals surface area (Å²) in [6.45, 7) is -0.00596. The highest BCUT2D eigenvalue weighted by molar-refractivity contribution is 6.11. The van der Waals surface area contributed by atoms with E-state index in [-0.39, 0.29) is 17.9 Å². The van der Waals surface area contributed by atoms with Crippen LogP contribution in [-0.4, -0.2) is 72.0 Å². The van der Waals surface area contributed by atoms with E-state index in [1.807, 2.05) is 36.4 Å². The molecule has 0 atom stereocenters. The number of nitrogens with zero attached hydrogens (tertiary/aromatic N) is 6. The fraction of sp³-hybridized carbons (Fsp3) is 0.250. The quantitative estimate of drug-likeness (QED) is 0.142. The van der Waals surface area contributed by atoms with Crippen LogP contribution >= 0.6 is 0 Å². The molecule has 0 bridgehead atoms. The monoisotopic (exact) mass is 732 g/mol. The van der Waals surface area contributed by atoms with Gasteiger partial charge in [-0.2, -0.15) is 18.4 Å². The first-order valence-electron chi connectivity index (χ1n) is 17.6. The zero-order chi connectivity index (χ0) is 37.6. The number of amides is 1. The Hall–Kier alpha value is -6.31. The van der Waals surface area contributed by atoms with Crippen molar-refractivity contribution in [2.45, 2.75) is 50.9 Å². The van der Waals surface area contributed by atoms with Crippen molar-refractivity contribution < 1.29 is 27.5 Å². The van der Waals surface area contributed by atoms with Gasteiger partial charge in [0.05, 0.1) is 11.0 Å². The number of Topliss-reactive ketones (excluding diaryl/α,β-unsaturated/α-hetero) is 1. The minimum absolute atomic E-state index is 0.00596. The number of benzene rings is 4. The summed E-state index contributed by atoms with van der Waals surface area (Å²) in [6, 6.07) is 23.3. The normalized spacial score (nSPS) is 13.8. The van der Waals surface area contributed by atoms with Gasteiger partial charge in [0.1, 0.15) is 18.2 Å². The maximum atomic E-state index is 13.6. The number of nitrogens with one attached hydrogen (secondary N) is 2. The van der Waals surface area contributed by atoms with Gasteiger partial charge in [0, 0.05) is 59.5 Å². The second-order valence-corrected chi connectivity index (χ2v) is 13.7. The van der Waals surface area contributed by atoms with Crippen LogP contribution in [0.15, 0.2) is 85.1 Å². The number of alkyl halides is 3. The maximum Gasteiger partial charge on any atom is 0.454 e. The molecule has 0 radical (unpaired) electrons. The van der Waals surface area contributed by atoms with Crippen LogP contribution < -0.4 is 4.74 Å². The van der Waals surface area contributed by atoms with E-state index < -0.39 is 17.5 Å². The average molecular weight is 733 g/mol. The topological polar surface area (TPSA) is 135 Å². The Kier molecular flexibility index (Phi) is 8.96. The third kappa shape index (κ3) is 6.59. The number of fused-ring (bicyclic) bond motifs is 2. The van der Waals surface area contributed by atoms with Crippen LogP contribution in [0, 0.1) is 0 Å². The van der Waals surface area contributed by atoms with E-state index in [2.05, 4.69) is 36.2 Å². The summed E-state index contributed by atoms with van der Waals surface area (Å²) in [4.78, 5) is 34.9. The molecule has 1 aliphatic rings. The lowest BCUT2D eigenvalue weighted by molar-refractivity contribution is -0.0884. The van der Waals surface area contributed by atoms with Crippen LogP contribution in [0.3, 0.4) is 0 Å². The Morgan fingerprint density at radius 2 is 1.69 bits per heavy atom. The number of ether oxygens (including phenoxy) is 1. The summed E-state index contributed by atoms with van der Waals surface area (Å²) in [5.74, 6) is -0.302. The fourth-order valence-electron chi connectivity index (χ4n) is 7.34. The predicted octanol–water partition coefficient (Wildman–Crippen LogP) is 8.56. The minimum Gasteiger partial charge on any atom is -0.489 e. The molecule has 2 N–H and O–H groups in total. The zero-order valence-corrected chi connectivity index (χ0v) is 29.4. The van der Waals surface area contributed by atoms with Crippen LogP contribution in [0.2, 0.25) is 0 Å². The van der Waals surface area contributed by atoms with Gasteiger partial charge in [-0.05, 0) is 108 Å². The van der Waals surface area contributed by atoms with Crippen LogP contribution in [0.1, 0.15) is 64.4 Å². The Morgan fingerprint density at radius 3 is 2.41 bits per heavy atom. The first-order valence-corrected chi connectivity index (χ1v) is 17.6. The molecular weight excluding hydrogens is 697 g/mol. The number of aromatic nitrogens is 7. The standard InChI is InChI=1S/C40H35F3N8O3/c1-50(2)39(53)25-10-14-30(26-19-32(36(52)40(41,42)43)31-16-17-44-33(31)21-26)27(18-25)22-54-29-12-8-23(9-13-29)38-45-34-20-24(37-46-48-49-47-37)11-15-35(34)51(38)28-6-4-3-5-7-28/h8-21,28,44H,3-7,22H2,1-2H3,(H,46,47,48,49). The van der Waals surface area contributed by atoms with Crippen molar-refractivity contribution in [1.29, 1.82) is 0 Å². The number of hydrogen-bond acceptors (Lipinski definition) is 7. The molecule has 1 fully saturated rings. The van der Waals surface area contributed by atoms with E-state index >= 15 is 0 Å². The number of tetrazole rings is 1. The molecule has 11 nitrogen and oxygen atoms in total. The number of rotatable bonds is 9. The number of imidazole rings is 1. The van der Waals surface area contributed by atoms with Gasteiger partial charge < -0.3 is 19.2 Å². The molecule has 1 amide bonds. The summed E-state index contributed by atoms with van der Waals surface area (Å²) < 4.78 is 49.6. The molecular formula is C40H35F3N8O3. The number of carbonyl (C=O) groups excluding carboxylic acids is 2. The highest BCUT2D eigenvalue weighted by Crippen LogP contribution is 2.38. The lowest BCUT2D eigenvalue weighted by Gasteiger charge is -2.25. The molecule has 4 aromatic carbocycles. The molecule has 8 rings (SSSR count). The van der Waals surface area contributed by atoms with Gasteiger partial charge in [0.2, 0.25) is 5.82 Å². The van der Waals surface area contributed by atoms with E-state index in [9.17, 15) is 22.8 Å². The van der Waals surface area contributed by atoms with Crippen molar-refractivity contribution in [3.63, 3.8) is 0 Å². The average Bonchev–Trinajstić information content (AvgIpc) is 3.97. The van der Waals surface area contributed by atoms with Crippen LogP contribution in [0.25, 0.3) is 55.8 Å². The first kappa shape index (κ1) is 34.8. The molecule has 3 heterocycles. The first-order chi connectivity index (χ1) is 26.0. The van der Waals surface area contributed by atoms with Gasteiger partial charge in [-0.15, -0.1) is 10.2 Å². The highest BCUT2D eigenvalue weighted by Gasteiger charge is 2.40. The van der Waals surface area contributed by atoms with Crippen molar-refractivity contribution in [2.24, 2.45) is 0 Å².